The number of nitrogens with one attached hydrogen (secondary N) is 1. The quantitative estimate of drug-likeness (QED) is 0.759. The van der Waals surface area contributed by atoms with Crippen molar-refractivity contribution in [2.45, 2.75) is 25.7 Å². The van der Waals surface area contributed by atoms with Gasteiger partial charge in [-0.05, 0) is 42.8 Å². The molecular formula is C22H21ClN4O3. The SMILES string of the molecule is COc1ccc([C@@H]2C(C#N)=C(N)O[C@@H]3NN=C(C)[C@@H]32)cc1COc1cccc(Cl)c1. The Labute approximate surface area is 179 Å². The van der Waals surface area contributed by atoms with Crippen LogP contribution < -0.4 is 20.6 Å². The Kier molecular flexibility index (Phi) is 5.42. The van der Waals surface area contributed by atoms with Crippen LogP contribution in [0.25, 0.3) is 0 Å². The number of halogens is 1. The summed E-state index contributed by atoms with van der Waals surface area (Å²) >= 11 is 6.04. The van der Waals surface area contributed by atoms with Crippen molar-refractivity contribution >= 4 is 17.3 Å². The van der Waals surface area contributed by atoms with Gasteiger partial charge < -0.3 is 19.9 Å². The minimum Gasteiger partial charge on any atom is -0.496 e. The van der Waals surface area contributed by atoms with Gasteiger partial charge in [-0.1, -0.05) is 23.7 Å². The Morgan fingerprint density at radius 3 is 2.87 bits per heavy atom. The number of methoxy groups -OCH3 is 1. The zero-order valence-electron chi connectivity index (χ0n) is 16.6. The van der Waals surface area contributed by atoms with Gasteiger partial charge in [-0.2, -0.15) is 10.4 Å². The molecule has 0 aromatic heterocycles. The number of hydrogen-bond acceptors (Lipinski definition) is 7. The summed E-state index contributed by atoms with van der Waals surface area (Å²) in [6.07, 6.45) is -0.402. The number of rotatable bonds is 5. The molecular weight excluding hydrogens is 404 g/mol. The van der Waals surface area contributed by atoms with E-state index in [1.165, 1.54) is 0 Å². The average molecular weight is 425 g/mol. The molecule has 30 heavy (non-hydrogen) atoms. The first-order chi connectivity index (χ1) is 14.5. The van der Waals surface area contributed by atoms with E-state index in [0.717, 1.165) is 16.8 Å². The van der Waals surface area contributed by atoms with Gasteiger partial charge in [0.05, 0.1) is 18.6 Å². The van der Waals surface area contributed by atoms with Crippen LogP contribution in [0.3, 0.4) is 0 Å². The molecule has 0 spiro atoms. The van der Waals surface area contributed by atoms with Crippen molar-refractivity contribution in [3.8, 4) is 17.6 Å². The number of ether oxygens (including phenoxy) is 3. The third-order valence-electron chi connectivity index (χ3n) is 5.34. The van der Waals surface area contributed by atoms with Crippen LogP contribution in [0.1, 0.15) is 24.0 Å². The fourth-order valence-corrected chi connectivity index (χ4v) is 4.09. The largest absolute Gasteiger partial charge is 0.496 e. The van der Waals surface area contributed by atoms with Crippen molar-refractivity contribution in [3.63, 3.8) is 0 Å². The summed E-state index contributed by atoms with van der Waals surface area (Å²) in [7, 11) is 1.61. The zero-order valence-corrected chi connectivity index (χ0v) is 17.3. The molecule has 2 aliphatic rings. The Hall–Kier alpha value is -3.37. The van der Waals surface area contributed by atoms with E-state index in [1.54, 1.807) is 19.2 Å². The molecule has 0 amide bonds. The van der Waals surface area contributed by atoms with Gasteiger partial charge in [0, 0.05) is 22.2 Å². The molecule has 0 bridgehead atoms. The van der Waals surface area contributed by atoms with Crippen LogP contribution in [0.5, 0.6) is 11.5 Å². The first kappa shape index (κ1) is 19.9. The minimum atomic E-state index is -0.402. The molecule has 154 valence electrons. The van der Waals surface area contributed by atoms with Crippen molar-refractivity contribution in [3.05, 3.63) is 70.1 Å². The van der Waals surface area contributed by atoms with Gasteiger partial charge in [-0.25, -0.2) is 0 Å². The normalized spacial score (nSPS) is 22.3. The van der Waals surface area contributed by atoms with E-state index in [4.69, 9.17) is 31.5 Å². The third kappa shape index (κ3) is 3.62. The maximum Gasteiger partial charge on any atom is 0.201 e. The number of fused-ring (bicyclic) bond motifs is 1. The second kappa shape index (κ2) is 8.17. The number of hydrogen-bond donors (Lipinski definition) is 2. The molecule has 2 aliphatic heterocycles. The summed E-state index contributed by atoms with van der Waals surface area (Å²) in [5.74, 6) is 1.04. The van der Waals surface area contributed by atoms with E-state index in [-0.39, 0.29) is 24.3 Å². The maximum atomic E-state index is 9.76. The zero-order chi connectivity index (χ0) is 21.3. The molecule has 0 saturated heterocycles. The van der Waals surface area contributed by atoms with Gasteiger partial charge in [0.2, 0.25) is 5.88 Å². The highest BCUT2D eigenvalue weighted by Crippen LogP contribution is 2.42. The van der Waals surface area contributed by atoms with Crippen LogP contribution in [-0.2, 0) is 11.3 Å². The lowest BCUT2D eigenvalue weighted by molar-refractivity contribution is 0.0454. The van der Waals surface area contributed by atoms with E-state index in [1.807, 2.05) is 37.3 Å². The molecule has 0 unspecified atom stereocenters. The van der Waals surface area contributed by atoms with Crippen LogP contribution >= 0.6 is 11.6 Å². The molecule has 8 heteroatoms. The van der Waals surface area contributed by atoms with Crippen molar-refractivity contribution in [2.24, 2.45) is 16.8 Å². The second-order valence-corrected chi connectivity index (χ2v) is 7.57. The van der Waals surface area contributed by atoms with Crippen molar-refractivity contribution in [1.29, 1.82) is 5.26 Å². The summed E-state index contributed by atoms with van der Waals surface area (Å²) < 4.78 is 17.1. The Morgan fingerprint density at radius 1 is 1.30 bits per heavy atom. The average Bonchev–Trinajstić information content (AvgIpc) is 3.11. The van der Waals surface area contributed by atoms with Crippen LogP contribution in [-0.4, -0.2) is 19.0 Å². The molecule has 0 saturated carbocycles. The lowest BCUT2D eigenvalue weighted by Crippen LogP contribution is -2.41. The Balaban J connectivity index is 1.70. The van der Waals surface area contributed by atoms with Crippen LogP contribution in [0, 0.1) is 17.2 Å². The van der Waals surface area contributed by atoms with E-state index in [2.05, 4.69) is 16.6 Å². The van der Waals surface area contributed by atoms with Crippen LogP contribution in [0.4, 0.5) is 0 Å². The molecule has 4 rings (SSSR count). The highest BCUT2D eigenvalue weighted by Gasteiger charge is 2.45. The predicted molar refractivity (Wildman–Crippen MR) is 113 cm³/mol. The summed E-state index contributed by atoms with van der Waals surface area (Å²) in [6, 6.07) is 15.2. The standard InChI is InChI=1S/C22H21ClN4O3/c1-12-19-20(17(10-24)21(25)30-22(19)27-26-12)13-6-7-18(28-2)14(8-13)11-29-16-5-3-4-15(23)9-16/h3-9,19-20,22,27H,11,25H2,1-2H3/t19-,20-,22+/m1/s1. The molecule has 7 nitrogen and oxygen atoms in total. The monoisotopic (exact) mass is 424 g/mol. The third-order valence-corrected chi connectivity index (χ3v) is 5.58. The molecule has 2 aromatic carbocycles. The first-order valence-corrected chi connectivity index (χ1v) is 9.81. The van der Waals surface area contributed by atoms with Crippen molar-refractivity contribution < 1.29 is 14.2 Å². The molecule has 3 atom stereocenters. The highest BCUT2D eigenvalue weighted by atomic mass is 35.5. The highest BCUT2D eigenvalue weighted by molar-refractivity contribution is 6.30. The van der Waals surface area contributed by atoms with E-state index in [0.29, 0.717) is 22.1 Å². The van der Waals surface area contributed by atoms with Crippen LogP contribution in [0.15, 0.2) is 59.0 Å². The molecule has 2 aromatic rings. The van der Waals surface area contributed by atoms with Gasteiger partial charge in [-0.3, -0.25) is 5.43 Å². The maximum absolute atomic E-state index is 9.76. The van der Waals surface area contributed by atoms with Crippen molar-refractivity contribution in [1.82, 2.24) is 5.43 Å². The smallest absolute Gasteiger partial charge is 0.201 e. The van der Waals surface area contributed by atoms with E-state index in [9.17, 15) is 5.26 Å². The van der Waals surface area contributed by atoms with E-state index >= 15 is 0 Å². The predicted octanol–water partition coefficient (Wildman–Crippen LogP) is 3.66. The van der Waals surface area contributed by atoms with Gasteiger partial charge in [0.25, 0.3) is 0 Å². The van der Waals surface area contributed by atoms with Crippen LogP contribution in [0.2, 0.25) is 5.02 Å². The number of nitriles is 1. The van der Waals surface area contributed by atoms with E-state index < -0.39 is 6.23 Å². The summed E-state index contributed by atoms with van der Waals surface area (Å²) in [4.78, 5) is 0. The fraction of sp³-hybridized carbons (Fsp3) is 0.273. The second-order valence-electron chi connectivity index (χ2n) is 7.13. The first-order valence-electron chi connectivity index (χ1n) is 9.43. The molecule has 0 fully saturated rings. The summed E-state index contributed by atoms with van der Waals surface area (Å²) in [5, 5.41) is 14.6. The topological polar surface area (TPSA) is 102 Å². The molecule has 0 aliphatic carbocycles. The summed E-state index contributed by atoms with van der Waals surface area (Å²) in [6.45, 7) is 2.19. The number of nitrogens with two attached hydrogens (primary N) is 1. The van der Waals surface area contributed by atoms with Gasteiger partial charge in [0.15, 0.2) is 6.23 Å². The Bertz CT molecular complexity index is 1080. The molecule has 3 N–H and O–H groups in total. The fourth-order valence-electron chi connectivity index (χ4n) is 3.91. The summed E-state index contributed by atoms with van der Waals surface area (Å²) in [5.41, 5.74) is 12.0. The van der Waals surface area contributed by atoms with Crippen molar-refractivity contribution in [2.75, 3.05) is 7.11 Å². The molecule has 0 radical (unpaired) electrons. The number of nitrogens with zero attached hydrogens (tertiary/aromatic N) is 2. The number of benzene rings is 2. The van der Waals surface area contributed by atoms with Gasteiger partial charge in [-0.15, -0.1) is 0 Å². The number of allylic oxidation sites excluding steroid dienone is 1. The Morgan fingerprint density at radius 2 is 2.13 bits per heavy atom. The van der Waals surface area contributed by atoms with Gasteiger partial charge in [0.1, 0.15) is 24.2 Å². The lowest BCUT2D eigenvalue weighted by Gasteiger charge is -2.34. The van der Waals surface area contributed by atoms with Gasteiger partial charge >= 0.3 is 0 Å². The molecule has 2 heterocycles. The number of hydrazone groups is 1. The lowest BCUT2D eigenvalue weighted by atomic mass is 9.76. The minimum absolute atomic E-state index is 0.119.